The molecular weight excluding hydrogens is 264 g/mol. The van der Waals surface area contributed by atoms with Crippen LogP contribution in [0.2, 0.25) is 5.02 Å². The summed E-state index contributed by atoms with van der Waals surface area (Å²) in [5.74, 6) is -0.311. The minimum absolute atomic E-state index is 0.311. The van der Waals surface area contributed by atoms with E-state index in [1.165, 1.54) is 7.11 Å². The third-order valence-corrected chi connectivity index (χ3v) is 4.30. The zero-order valence-electron chi connectivity index (χ0n) is 11.1. The van der Waals surface area contributed by atoms with Gasteiger partial charge >= 0.3 is 5.97 Å². The number of halogens is 1. The van der Waals surface area contributed by atoms with Crippen LogP contribution in [0.5, 0.6) is 0 Å². The normalized spacial score (nSPS) is 19.7. The molecule has 3 nitrogen and oxygen atoms in total. The van der Waals surface area contributed by atoms with E-state index in [0.717, 1.165) is 24.8 Å². The maximum absolute atomic E-state index is 12.2. The highest BCUT2D eigenvalue weighted by Crippen LogP contribution is 2.47. The Hall–Kier alpha value is -1.06. The van der Waals surface area contributed by atoms with Gasteiger partial charge in [0, 0.05) is 5.02 Å². The van der Waals surface area contributed by atoms with Crippen molar-refractivity contribution < 1.29 is 14.6 Å². The topological polar surface area (TPSA) is 46.5 Å². The fourth-order valence-corrected chi connectivity index (χ4v) is 3.07. The van der Waals surface area contributed by atoms with Crippen molar-refractivity contribution in [2.75, 3.05) is 7.11 Å². The van der Waals surface area contributed by atoms with Gasteiger partial charge in [-0.1, -0.05) is 43.0 Å². The monoisotopic (exact) mass is 282 g/mol. The van der Waals surface area contributed by atoms with Crippen LogP contribution < -0.4 is 0 Å². The Balaban J connectivity index is 2.32. The van der Waals surface area contributed by atoms with Crippen molar-refractivity contribution in [2.45, 2.75) is 38.2 Å². The average molecular weight is 283 g/mol. The lowest BCUT2D eigenvalue weighted by Crippen LogP contribution is -2.40. The number of carbonyl (C=O) groups excluding carboxylic acids is 1. The summed E-state index contributed by atoms with van der Waals surface area (Å²) in [6.45, 7) is 0. The van der Waals surface area contributed by atoms with Crippen molar-refractivity contribution in [3.05, 3.63) is 34.9 Å². The minimum Gasteiger partial charge on any atom is -0.469 e. The number of rotatable bonds is 3. The number of benzene rings is 1. The molecule has 0 bridgehead atoms. The second kappa shape index (κ2) is 5.93. The molecule has 1 aliphatic carbocycles. The minimum atomic E-state index is -0.836. The van der Waals surface area contributed by atoms with Crippen LogP contribution in [-0.4, -0.2) is 18.2 Å². The van der Waals surface area contributed by atoms with Crippen molar-refractivity contribution in [2.24, 2.45) is 5.41 Å². The molecule has 1 N–H and O–H groups in total. The van der Waals surface area contributed by atoms with E-state index in [1.54, 1.807) is 24.3 Å². The van der Waals surface area contributed by atoms with E-state index in [0.29, 0.717) is 17.9 Å². The predicted octanol–water partition coefficient (Wildman–Crippen LogP) is 3.50. The van der Waals surface area contributed by atoms with E-state index in [1.807, 2.05) is 0 Å². The van der Waals surface area contributed by atoms with Crippen LogP contribution in [0.4, 0.5) is 0 Å². The van der Waals surface area contributed by atoms with Gasteiger partial charge in [-0.3, -0.25) is 4.79 Å². The smallest absolute Gasteiger partial charge is 0.314 e. The number of carbonyl (C=O) groups is 1. The lowest BCUT2D eigenvalue weighted by atomic mass is 9.68. The highest BCUT2D eigenvalue weighted by molar-refractivity contribution is 6.30. The molecule has 1 saturated carbocycles. The highest BCUT2D eigenvalue weighted by Gasteiger charge is 2.47. The molecule has 1 atom stereocenters. The molecule has 1 aromatic carbocycles. The Morgan fingerprint density at radius 3 is 2.37 bits per heavy atom. The number of aliphatic hydroxyl groups excluding tert-OH is 1. The van der Waals surface area contributed by atoms with Crippen molar-refractivity contribution in [3.63, 3.8) is 0 Å². The second-order valence-corrected chi connectivity index (χ2v) is 5.60. The molecular formula is C15H19ClO3. The first-order valence-corrected chi connectivity index (χ1v) is 7.00. The van der Waals surface area contributed by atoms with Gasteiger partial charge in [-0.25, -0.2) is 0 Å². The van der Waals surface area contributed by atoms with Gasteiger partial charge in [-0.15, -0.1) is 0 Å². The standard InChI is InChI=1S/C15H19ClO3/c1-19-14(18)15(9-3-2-4-10-15)13(17)11-5-7-12(16)8-6-11/h5-8,13,17H,2-4,9-10H2,1H3/t13-/m0/s1. The lowest BCUT2D eigenvalue weighted by Gasteiger charge is -2.38. The van der Waals surface area contributed by atoms with Gasteiger partial charge in [-0.05, 0) is 30.5 Å². The maximum atomic E-state index is 12.2. The van der Waals surface area contributed by atoms with Gasteiger partial charge in [-0.2, -0.15) is 0 Å². The SMILES string of the molecule is COC(=O)C1([C@@H](O)c2ccc(Cl)cc2)CCCCC1. The van der Waals surface area contributed by atoms with Gasteiger partial charge < -0.3 is 9.84 Å². The van der Waals surface area contributed by atoms with Crippen LogP contribution in [0.25, 0.3) is 0 Å². The molecule has 0 aliphatic heterocycles. The van der Waals surface area contributed by atoms with Crippen molar-refractivity contribution in [3.8, 4) is 0 Å². The van der Waals surface area contributed by atoms with Crippen LogP contribution in [-0.2, 0) is 9.53 Å². The van der Waals surface area contributed by atoms with E-state index in [-0.39, 0.29) is 5.97 Å². The molecule has 0 unspecified atom stereocenters. The third kappa shape index (κ3) is 2.77. The molecule has 0 radical (unpaired) electrons. The molecule has 1 aliphatic rings. The van der Waals surface area contributed by atoms with Crippen molar-refractivity contribution in [1.82, 2.24) is 0 Å². The van der Waals surface area contributed by atoms with Gasteiger partial charge in [0.15, 0.2) is 0 Å². The van der Waals surface area contributed by atoms with Crippen LogP contribution in [0.3, 0.4) is 0 Å². The summed E-state index contributed by atoms with van der Waals surface area (Å²) < 4.78 is 4.93. The van der Waals surface area contributed by atoms with Gasteiger partial charge in [0.2, 0.25) is 0 Å². The number of hydrogen-bond acceptors (Lipinski definition) is 3. The Labute approximate surface area is 118 Å². The largest absolute Gasteiger partial charge is 0.469 e. The van der Waals surface area contributed by atoms with Gasteiger partial charge in [0.05, 0.1) is 18.6 Å². The molecule has 0 saturated heterocycles. The molecule has 0 amide bonds. The van der Waals surface area contributed by atoms with E-state index in [4.69, 9.17) is 16.3 Å². The van der Waals surface area contributed by atoms with Crippen molar-refractivity contribution >= 4 is 17.6 Å². The Morgan fingerprint density at radius 2 is 1.84 bits per heavy atom. The fraction of sp³-hybridized carbons (Fsp3) is 0.533. The summed E-state index contributed by atoms with van der Waals surface area (Å²) in [5.41, 5.74) is -0.0856. The first-order chi connectivity index (χ1) is 9.10. The lowest BCUT2D eigenvalue weighted by molar-refractivity contribution is -0.164. The number of aliphatic hydroxyl groups is 1. The second-order valence-electron chi connectivity index (χ2n) is 5.16. The van der Waals surface area contributed by atoms with E-state index >= 15 is 0 Å². The molecule has 1 aromatic rings. The maximum Gasteiger partial charge on any atom is 0.314 e. The summed E-state index contributed by atoms with van der Waals surface area (Å²) in [5, 5.41) is 11.3. The number of esters is 1. The first kappa shape index (κ1) is 14.4. The molecule has 0 spiro atoms. The van der Waals surface area contributed by atoms with Crippen LogP contribution >= 0.6 is 11.6 Å². The summed E-state index contributed by atoms with van der Waals surface area (Å²) in [6.07, 6.45) is 3.50. The molecule has 2 rings (SSSR count). The molecule has 1 fully saturated rings. The van der Waals surface area contributed by atoms with Crippen LogP contribution in [0.1, 0.15) is 43.8 Å². The van der Waals surface area contributed by atoms with E-state index in [2.05, 4.69) is 0 Å². The zero-order chi connectivity index (χ0) is 13.9. The first-order valence-electron chi connectivity index (χ1n) is 6.62. The Kier molecular flexibility index (Phi) is 4.48. The molecule has 19 heavy (non-hydrogen) atoms. The predicted molar refractivity (Wildman–Crippen MR) is 73.9 cm³/mol. The molecule has 4 heteroatoms. The number of ether oxygens (including phenoxy) is 1. The highest BCUT2D eigenvalue weighted by atomic mass is 35.5. The zero-order valence-corrected chi connectivity index (χ0v) is 11.8. The summed E-state index contributed by atoms with van der Waals surface area (Å²) in [7, 11) is 1.38. The number of hydrogen-bond donors (Lipinski definition) is 1. The van der Waals surface area contributed by atoms with Gasteiger partial charge in [0.25, 0.3) is 0 Å². The summed E-state index contributed by atoms with van der Waals surface area (Å²) >= 11 is 5.85. The van der Waals surface area contributed by atoms with E-state index in [9.17, 15) is 9.90 Å². The average Bonchev–Trinajstić information content (AvgIpc) is 2.47. The van der Waals surface area contributed by atoms with Crippen LogP contribution in [0, 0.1) is 5.41 Å². The van der Waals surface area contributed by atoms with Gasteiger partial charge in [0.1, 0.15) is 0 Å². The fourth-order valence-electron chi connectivity index (χ4n) is 2.94. The van der Waals surface area contributed by atoms with Crippen LogP contribution in [0.15, 0.2) is 24.3 Å². The van der Waals surface area contributed by atoms with E-state index < -0.39 is 11.5 Å². The Morgan fingerprint density at radius 1 is 1.26 bits per heavy atom. The molecule has 104 valence electrons. The van der Waals surface area contributed by atoms with Crippen molar-refractivity contribution in [1.29, 1.82) is 0 Å². The summed E-state index contributed by atoms with van der Waals surface area (Å²) in [4.78, 5) is 12.2. The molecule has 0 aromatic heterocycles. The molecule has 0 heterocycles. The quantitative estimate of drug-likeness (QED) is 0.863. The third-order valence-electron chi connectivity index (χ3n) is 4.05. The Bertz CT molecular complexity index is 435. The number of methoxy groups -OCH3 is 1. The summed E-state index contributed by atoms with van der Waals surface area (Å²) in [6, 6.07) is 7.00.